The number of aliphatic carboxylic acids is 1. The van der Waals surface area contributed by atoms with Crippen LogP contribution in [0.2, 0.25) is 0 Å². The van der Waals surface area contributed by atoms with E-state index in [0.29, 0.717) is 30.2 Å². The van der Waals surface area contributed by atoms with Gasteiger partial charge in [0.25, 0.3) is 0 Å². The van der Waals surface area contributed by atoms with Gasteiger partial charge in [-0.05, 0) is 67.3 Å². The van der Waals surface area contributed by atoms with E-state index >= 15 is 0 Å². The molecule has 0 aliphatic carbocycles. The van der Waals surface area contributed by atoms with Gasteiger partial charge in [-0.25, -0.2) is 9.78 Å². The number of nitrogens with zero attached hydrogens (tertiary/aromatic N) is 1. The quantitative estimate of drug-likeness (QED) is 0.224. The second kappa shape index (κ2) is 11.2. The largest absolute Gasteiger partial charge is 0.573 e. The van der Waals surface area contributed by atoms with Crippen LogP contribution in [0, 0.1) is 6.92 Å². The number of benzene rings is 2. The summed E-state index contributed by atoms with van der Waals surface area (Å²) < 4.78 is 58.1. The van der Waals surface area contributed by atoms with Crippen LogP contribution in [0.15, 0.2) is 70.5 Å². The molecule has 11 heteroatoms. The molecule has 4 aromatic rings. The van der Waals surface area contributed by atoms with Crippen LogP contribution in [0.3, 0.4) is 0 Å². The summed E-state index contributed by atoms with van der Waals surface area (Å²) in [5.41, 5.74) is -0.177. The van der Waals surface area contributed by atoms with Crippen LogP contribution in [0.5, 0.6) is 17.2 Å². The Morgan fingerprint density at radius 1 is 1.00 bits per heavy atom. The van der Waals surface area contributed by atoms with Crippen LogP contribution in [0.1, 0.15) is 23.9 Å². The fraction of sp³-hybridized carbons (Fsp3) is 0.259. The summed E-state index contributed by atoms with van der Waals surface area (Å²) in [6.45, 7) is 3.63. The molecular formula is C27H24F3NO6S. The highest BCUT2D eigenvalue weighted by atomic mass is 32.1. The molecule has 0 bridgehead atoms. The van der Waals surface area contributed by atoms with Gasteiger partial charge in [-0.15, -0.1) is 24.5 Å². The fourth-order valence-corrected chi connectivity index (χ4v) is 4.30. The second-order valence-corrected chi connectivity index (χ2v) is 9.52. The predicted octanol–water partition coefficient (Wildman–Crippen LogP) is 6.70. The number of carbonyl (C=O) groups is 1. The molecule has 0 fully saturated rings. The van der Waals surface area contributed by atoms with Crippen LogP contribution in [0.25, 0.3) is 10.8 Å². The zero-order valence-corrected chi connectivity index (χ0v) is 21.3. The third-order valence-electron chi connectivity index (χ3n) is 5.55. The second-order valence-electron chi connectivity index (χ2n) is 8.58. The van der Waals surface area contributed by atoms with Crippen molar-refractivity contribution in [1.82, 2.24) is 4.98 Å². The van der Waals surface area contributed by atoms with Crippen molar-refractivity contribution in [2.75, 3.05) is 6.61 Å². The lowest BCUT2D eigenvalue weighted by Crippen LogP contribution is -2.43. The first-order valence-electron chi connectivity index (χ1n) is 11.5. The van der Waals surface area contributed by atoms with E-state index in [4.69, 9.17) is 13.9 Å². The Hall–Kier alpha value is -3.99. The molecule has 1 N–H and O–H groups in total. The normalized spacial score (nSPS) is 13.1. The maximum Gasteiger partial charge on any atom is 0.573 e. The van der Waals surface area contributed by atoms with Gasteiger partial charge in [-0.2, -0.15) is 0 Å². The van der Waals surface area contributed by atoms with E-state index in [-0.39, 0.29) is 12.2 Å². The molecule has 0 aliphatic rings. The summed E-state index contributed by atoms with van der Waals surface area (Å²) >= 11 is 1.55. The van der Waals surface area contributed by atoms with Crippen LogP contribution >= 0.6 is 11.3 Å². The van der Waals surface area contributed by atoms with Crippen molar-refractivity contribution in [3.63, 3.8) is 0 Å². The molecule has 1 unspecified atom stereocenters. The number of ether oxygens (including phenoxy) is 3. The highest BCUT2D eigenvalue weighted by Gasteiger charge is 2.36. The molecule has 2 aromatic carbocycles. The Bertz CT molecular complexity index is 1350. The first-order chi connectivity index (χ1) is 18.0. The first kappa shape index (κ1) is 27.1. The number of oxazole rings is 1. The number of carboxylic acid groups (broad SMARTS) is 1. The number of halogens is 3. The first-order valence-corrected chi connectivity index (χ1v) is 12.4. The van der Waals surface area contributed by atoms with Gasteiger partial charge < -0.3 is 23.7 Å². The van der Waals surface area contributed by atoms with E-state index in [1.807, 2.05) is 24.4 Å². The maximum absolute atomic E-state index is 12.4. The lowest BCUT2D eigenvalue weighted by molar-refractivity contribution is -0.274. The van der Waals surface area contributed by atoms with E-state index in [2.05, 4.69) is 9.72 Å². The Balaban J connectivity index is 1.33. The summed E-state index contributed by atoms with van der Waals surface area (Å²) in [6.07, 6.45) is -4.26. The molecule has 0 saturated heterocycles. The van der Waals surface area contributed by atoms with E-state index in [1.165, 1.54) is 19.1 Å². The molecule has 2 aromatic heterocycles. The van der Waals surface area contributed by atoms with Crippen LogP contribution in [0.4, 0.5) is 13.2 Å². The minimum atomic E-state index is -4.82. The van der Waals surface area contributed by atoms with Crippen LogP contribution in [-0.2, 0) is 17.6 Å². The van der Waals surface area contributed by atoms with Crippen molar-refractivity contribution in [2.45, 2.75) is 38.7 Å². The van der Waals surface area contributed by atoms with Gasteiger partial charge in [-0.1, -0.05) is 18.2 Å². The van der Waals surface area contributed by atoms with Gasteiger partial charge in [0.2, 0.25) is 11.5 Å². The van der Waals surface area contributed by atoms with Gasteiger partial charge >= 0.3 is 12.3 Å². The number of hydrogen-bond donors (Lipinski definition) is 1. The highest BCUT2D eigenvalue weighted by Crippen LogP contribution is 2.29. The Labute approximate surface area is 220 Å². The zero-order valence-electron chi connectivity index (χ0n) is 20.4. The standard InChI is InChI=1S/C27H24F3NO6S/c1-17-22(31-24(35-17)23-4-3-15-38-23)13-14-34-19-7-5-18(6-8-19)16-26(2,25(32)33)36-20-9-11-21(12-10-20)37-27(28,29)30/h3-12,15H,13-14,16H2,1-2H3,(H,32,33). The number of alkyl halides is 3. The lowest BCUT2D eigenvalue weighted by Gasteiger charge is -2.26. The minimum Gasteiger partial charge on any atom is -0.493 e. The predicted molar refractivity (Wildman–Crippen MR) is 134 cm³/mol. The maximum atomic E-state index is 12.4. The SMILES string of the molecule is Cc1oc(-c2cccs2)nc1CCOc1ccc(CC(C)(Oc2ccc(OC(F)(F)F)cc2)C(=O)O)cc1. The number of carboxylic acids is 1. The summed E-state index contributed by atoms with van der Waals surface area (Å²) in [4.78, 5) is 17.5. The molecule has 2 heterocycles. The average molecular weight is 548 g/mol. The number of aryl methyl sites for hydroxylation is 1. The third kappa shape index (κ3) is 7.06. The molecule has 1 atom stereocenters. The van der Waals surface area contributed by atoms with Crippen molar-refractivity contribution in [3.05, 3.63) is 83.1 Å². The van der Waals surface area contributed by atoms with Gasteiger partial charge in [0.1, 0.15) is 23.0 Å². The molecule has 0 radical (unpaired) electrons. The summed E-state index contributed by atoms with van der Waals surface area (Å²) in [7, 11) is 0. The van der Waals surface area contributed by atoms with Gasteiger partial charge in [-0.3, -0.25) is 0 Å². The van der Waals surface area contributed by atoms with E-state index in [9.17, 15) is 23.1 Å². The number of hydrogen-bond acceptors (Lipinski definition) is 7. The minimum absolute atomic E-state index is 0.00699. The molecular weight excluding hydrogens is 523 g/mol. The van der Waals surface area contributed by atoms with Crippen molar-refractivity contribution in [1.29, 1.82) is 0 Å². The molecule has 0 amide bonds. The van der Waals surface area contributed by atoms with E-state index in [0.717, 1.165) is 28.5 Å². The van der Waals surface area contributed by atoms with Gasteiger partial charge in [0.15, 0.2) is 0 Å². The summed E-state index contributed by atoms with van der Waals surface area (Å²) in [5, 5.41) is 11.7. The lowest BCUT2D eigenvalue weighted by atomic mass is 9.96. The highest BCUT2D eigenvalue weighted by molar-refractivity contribution is 7.13. The molecule has 7 nitrogen and oxygen atoms in total. The van der Waals surface area contributed by atoms with Crippen molar-refractivity contribution < 1.29 is 41.7 Å². The Kier molecular flexibility index (Phi) is 7.96. The Morgan fingerprint density at radius 2 is 1.63 bits per heavy atom. The van der Waals surface area contributed by atoms with Crippen LogP contribution < -0.4 is 14.2 Å². The van der Waals surface area contributed by atoms with Crippen molar-refractivity contribution >= 4 is 17.3 Å². The van der Waals surface area contributed by atoms with Crippen molar-refractivity contribution in [2.24, 2.45) is 0 Å². The third-order valence-corrected chi connectivity index (χ3v) is 6.41. The number of rotatable bonds is 11. The van der Waals surface area contributed by atoms with E-state index < -0.39 is 23.7 Å². The van der Waals surface area contributed by atoms with Crippen LogP contribution in [-0.4, -0.2) is 34.6 Å². The summed E-state index contributed by atoms with van der Waals surface area (Å²) in [6, 6.07) is 15.4. The zero-order chi connectivity index (χ0) is 27.3. The Morgan fingerprint density at radius 3 is 2.21 bits per heavy atom. The number of thiophene rings is 1. The van der Waals surface area contributed by atoms with E-state index in [1.54, 1.807) is 35.6 Å². The summed E-state index contributed by atoms with van der Waals surface area (Å²) in [5.74, 6) is 0.368. The molecule has 0 spiro atoms. The molecule has 4 rings (SSSR count). The molecule has 0 saturated carbocycles. The van der Waals surface area contributed by atoms with Gasteiger partial charge in [0, 0.05) is 12.8 Å². The topological polar surface area (TPSA) is 91.0 Å². The van der Waals surface area contributed by atoms with Crippen molar-refractivity contribution in [3.8, 4) is 28.0 Å². The molecule has 200 valence electrons. The smallest absolute Gasteiger partial charge is 0.493 e. The molecule has 0 aliphatic heterocycles. The fourth-order valence-electron chi connectivity index (χ4n) is 3.65. The molecule has 38 heavy (non-hydrogen) atoms. The number of aromatic nitrogens is 1. The monoisotopic (exact) mass is 547 g/mol. The van der Waals surface area contributed by atoms with Gasteiger partial charge in [0.05, 0.1) is 17.2 Å². The average Bonchev–Trinajstić information content (AvgIpc) is 3.51.